The largest absolute Gasteiger partial charge is 0.394 e. The molecule has 0 aliphatic heterocycles. The summed E-state index contributed by atoms with van der Waals surface area (Å²) in [6, 6.07) is 2.03. The standard InChI is InChI=1S/C13H20N4O2S/c1-3-4-14-13-16-11(15-6-9(19)7-18)10-5-8(2)20-12(10)17-13/h5,9,18-19H,3-4,6-7H2,1-2H3,(H2,14,15,16,17). The summed E-state index contributed by atoms with van der Waals surface area (Å²) in [5.74, 6) is 1.27. The second kappa shape index (κ2) is 6.83. The average Bonchev–Trinajstić information content (AvgIpc) is 2.82. The van der Waals surface area contributed by atoms with Gasteiger partial charge in [0.05, 0.1) is 18.1 Å². The summed E-state index contributed by atoms with van der Waals surface area (Å²) in [5, 5.41) is 25.5. The van der Waals surface area contributed by atoms with Crippen LogP contribution in [-0.2, 0) is 0 Å². The van der Waals surface area contributed by atoms with Gasteiger partial charge in [0.1, 0.15) is 10.6 Å². The van der Waals surface area contributed by atoms with Crippen molar-refractivity contribution in [1.82, 2.24) is 9.97 Å². The van der Waals surface area contributed by atoms with E-state index in [9.17, 15) is 5.11 Å². The molecule has 110 valence electrons. The summed E-state index contributed by atoms with van der Waals surface area (Å²) in [6.45, 7) is 4.90. The van der Waals surface area contributed by atoms with Crippen molar-refractivity contribution in [3.63, 3.8) is 0 Å². The van der Waals surface area contributed by atoms with Crippen molar-refractivity contribution < 1.29 is 10.2 Å². The van der Waals surface area contributed by atoms with Crippen LogP contribution in [0.15, 0.2) is 6.07 Å². The van der Waals surface area contributed by atoms with Crippen LogP contribution in [0.3, 0.4) is 0 Å². The zero-order valence-corrected chi connectivity index (χ0v) is 12.5. The topological polar surface area (TPSA) is 90.3 Å². The molecule has 20 heavy (non-hydrogen) atoms. The molecule has 0 aliphatic carbocycles. The van der Waals surface area contributed by atoms with E-state index in [1.807, 2.05) is 13.0 Å². The van der Waals surface area contributed by atoms with E-state index >= 15 is 0 Å². The molecule has 0 fully saturated rings. The molecule has 2 aromatic heterocycles. The van der Waals surface area contributed by atoms with Crippen molar-refractivity contribution >= 4 is 33.3 Å². The lowest BCUT2D eigenvalue weighted by atomic mass is 10.3. The fourth-order valence-corrected chi connectivity index (χ4v) is 2.65. The van der Waals surface area contributed by atoms with Crippen molar-refractivity contribution in [3.05, 3.63) is 10.9 Å². The highest BCUT2D eigenvalue weighted by atomic mass is 32.1. The Hall–Kier alpha value is -1.44. The predicted molar refractivity (Wildman–Crippen MR) is 82.5 cm³/mol. The van der Waals surface area contributed by atoms with Crippen LogP contribution in [0.2, 0.25) is 0 Å². The van der Waals surface area contributed by atoms with Crippen LogP contribution in [0.1, 0.15) is 18.2 Å². The zero-order valence-electron chi connectivity index (χ0n) is 11.7. The average molecular weight is 296 g/mol. The maximum absolute atomic E-state index is 9.44. The third-order valence-corrected chi connectivity index (χ3v) is 3.71. The Morgan fingerprint density at radius 1 is 1.35 bits per heavy atom. The van der Waals surface area contributed by atoms with E-state index in [4.69, 9.17) is 5.11 Å². The van der Waals surface area contributed by atoms with Gasteiger partial charge in [-0.25, -0.2) is 4.98 Å². The smallest absolute Gasteiger partial charge is 0.226 e. The van der Waals surface area contributed by atoms with Gasteiger partial charge >= 0.3 is 0 Å². The first-order valence-corrected chi connectivity index (χ1v) is 7.50. The maximum Gasteiger partial charge on any atom is 0.226 e. The third kappa shape index (κ3) is 3.56. The van der Waals surface area contributed by atoms with Gasteiger partial charge in [-0.1, -0.05) is 6.92 Å². The van der Waals surface area contributed by atoms with Crippen molar-refractivity contribution in [2.75, 3.05) is 30.3 Å². The Balaban J connectivity index is 2.28. The van der Waals surface area contributed by atoms with Crippen LogP contribution in [-0.4, -0.2) is 46.0 Å². The molecule has 2 aromatic rings. The maximum atomic E-state index is 9.44. The number of aliphatic hydroxyl groups excluding tert-OH is 2. The molecule has 6 nitrogen and oxygen atoms in total. The Labute approximate surface area is 121 Å². The van der Waals surface area contributed by atoms with Gasteiger partial charge in [0, 0.05) is 18.0 Å². The van der Waals surface area contributed by atoms with Crippen molar-refractivity contribution in [2.45, 2.75) is 26.4 Å². The van der Waals surface area contributed by atoms with E-state index in [0.717, 1.165) is 28.1 Å². The van der Waals surface area contributed by atoms with Gasteiger partial charge in [0.15, 0.2) is 0 Å². The number of hydrogen-bond acceptors (Lipinski definition) is 7. The number of anilines is 2. The summed E-state index contributed by atoms with van der Waals surface area (Å²) in [6.07, 6.45) is 0.198. The highest BCUT2D eigenvalue weighted by Crippen LogP contribution is 2.29. The highest BCUT2D eigenvalue weighted by Gasteiger charge is 2.11. The molecule has 0 aromatic carbocycles. The molecule has 0 saturated carbocycles. The second-order valence-electron chi connectivity index (χ2n) is 4.62. The molecule has 2 rings (SSSR count). The van der Waals surface area contributed by atoms with E-state index in [2.05, 4.69) is 27.5 Å². The normalized spacial score (nSPS) is 12.6. The summed E-state index contributed by atoms with van der Waals surface area (Å²) >= 11 is 1.61. The zero-order chi connectivity index (χ0) is 14.5. The minimum absolute atomic E-state index is 0.255. The van der Waals surface area contributed by atoms with Crippen LogP contribution >= 0.6 is 11.3 Å². The van der Waals surface area contributed by atoms with Gasteiger partial charge < -0.3 is 20.8 Å². The first-order valence-electron chi connectivity index (χ1n) is 6.69. The fourth-order valence-electron chi connectivity index (χ4n) is 1.77. The molecule has 2 heterocycles. The molecule has 0 bridgehead atoms. The molecule has 0 aliphatic rings. The fraction of sp³-hybridized carbons (Fsp3) is 0.538. The van der Waals surface area contributed by atoms with Crippen LogP contribution < -0.4 is 10.6 Å². The number of thiophene rings is 1. The Morgan fingerprint density at radius 3 is 2.85 bits per heavy atom. The quantitative estimate of drug-likeness (QED) is 0.620. The van der Waals surface area contributed by atoms with Crippen LogP contribution in [0.25, 0.3) is 10.2 Å². The number of nitrogens with one attached hydrogen (secondary N) is 2. The summed E-state index contributed by atoms with van der Waals surface area (Å²) in [7, 11) is 0. The Kier molecular flexibility index (Phi) is 5.11. The highest BCUT2D eigenvalue weighted by molar-refractivity contribution is 7.18. The summed E-state index contributed by atoms with van der Waals surface area (Å²) < 4.78 is 0. The van der Waals surface area contributed by atoms with Gasteiger partial charge in [0.2, 0.25) is 5.95 Å². The monoisotopic (exact) mass is 296 g/mol. The molecular weight excluding hydrogens is 276 g/mol. The number of aryl methyl sites for hydroxylation is 1. The first-order chi connectivity index (χ1) is 9.63. The van der Waals surface area contributed by atoms with Crippen LogP contribution in [0.4, 0.5) is 11.8 Å². The lowest BCUT2D eigenvalue weighted by molar-refractivity contribution is 0.105. The van der Waals surface area contributed by atoms with Crippen LogP contribution in [0.5, 0.6) is 0 Å². The molecule has 0 saturated heterocycles. The number of fused-ring (bicyclic) bond motifs is 1. The van der Waals surface area contributed by atoms with E-state index < -0.39 is 6.10 Å². The number of rotatable bonds is 7. The lowest BCUT2D eigenvalue weighted by Crippen LogP contribution is -2.23. The van der Waals surface area contributed by atoms with Gasteiger partial charge in [0.25, 0.3) is 0 Å². The van der Waals surface area contributed by atoms with Crippen molar-refractivity contribution in [1.29, 1.82) is 0 Å². The van der Waals surface area contributed by atoms with Crippen LogP contribution in [0, 0.1) is 6.92 Å². The Morgan fingerprint density at radius 2 is 2.15 bits per heavy atom. The molecule has 1 unspecified atom stereocenters. The third-order valence-electron chi connectivity index (χ3n) is 2.76. The van der Waals surface area contributed by atoms with E-state index in [-0.39, 0.29) is 13.2 Å². The molecule has 0 radical (unpaired) electrons. The van der Waals surface area contributed by atoms with E-state index in [1.54, 1.807) is 11.3 Å². The Bertz CT molecular complexity index is 573. The minimum atomic E-state index is -0.799. The molecule has 1 atom stereocenters. The molecule has 0 amide bonds. The predicted octanol–water partition coefficient (Wildman–Crippen LogP) is 1.59. The summed E-state index contributed by atoms with van der Waals surface area (Å²) in [5.41, 5.74) is 0. The summed E-state index contributed by atoms with van der Waals surface area (Å²) in [4.78, 5) is 11.0. The van der Waals surface area contributed by atoms with Gasteiger partial charge in [-0.15, -0.1) is 11.3 Å². The number of hydrogen-bond donors (Lipinski definition) is 4. The van der Waals surface area contributed by atoms with Crippen molar-refractivity contribution in [3.8, 4) is 0 Å². The minimum Gasteiger partial charge on any atom is -0.394 e. The molecule has 4 N–H and O–H groups in total. The number of aromatic nitrogens is 2. The van der Waals surface area contributed by atoms with Gasteiger partial charge in [-0.3, -0.25) is 0 Å². The number of nitrogens with zero attached hydrogens (tertiary/aromatic N) is 2. The molecule has 7 heteroatoms. The van der Waals surface area contributed by atoms with Crippen molar-refractivity contribution in [2.24, 2.45) is 0 Å². The van der Waals surface area contributed by atoms with Gasteiger partial charge in [-0.2, -0.15) is 4.98 Å². The second-order valence-corrected chi connectivity index (χ2v) is 5.85. The molecular formula is C13H20N4O2S. The SMILES string of the molecule is CCCNc1nc(NCC(O)CO)c2cc(C)sc2n1. The lowest BCUT2D eigenvalue weighted by Gasteiger charge is -2.11. The first kappa shape index (κ1) is 15.0. The number of aliphatic hydroxyl groups is 2. The molecule has 0 spiro atoms. The van der Waals surface area contributed by atoms with Gasteiger partial charge in [-0.05, 0) is 19.4 Å². The van der Waals surface area contributed by atoms with E-state index in [0.29, 0.717) is 11.8 Å². The van der Waals surface area contributed by atoms with E-state index in [1.165, 1.54) is 0 Å².